The third-order valence-corrected chi connectivity index (χ3v) is 2.65. The molecule has 16 heavy (non-hydrogen) atoms. The highest BCUT2D eigenvalue weighted by atomic mass is 32.2. The molecule has 1 aromatic heterocycles. The first-order valence-corrected chi connectivity index (χ1v) is 5.61. The molecule has 8 heteroatoms. The second kappa shape index (κ2) is 5.50. The Morgan fingerprint density at radius 1 is 1.62 bits per heavy atom. The average molecular weight is 243 g/mol. The van der Waals surface area contributed by atoms with E-state index in [9.17, 15) is 9.59 Å². The number of primary amides is 1. The summed E-state index contributed by atoms with van der Waals surface area (Å²) in [5, 5.41) is 10.2. The molecule has 1 aromatic rings. The minimum absolute atomic E-state index is 0.0777. The fourth-order valence-corrected chi connectivity index (χ4v) is 1.84. The highest BCUT2D eigenvalue weighted by molar-refractivity contribution is 7.99. The second-order valence-corrected chi connectivity index (χ2v) is 4.26. The zero-order chi connectivity index (χ0) is 12.1. The first-order chi connectivity index (χ1) is 7.50. The summed E-state index contributed by atoms with van der Waals surface area (Å²) in [7, 11) is 0. The monoisotopic (exact) mass is 243 g/mol. The van der Waals surface area contributed by atoms with Crippen LogP contribution in [-0.2, 0) is 4.79 Å². The molecule has 0 atom stereocenters. The first kappa shape index (κ1) is 12.5. The van der Waals surface area contributed by atoms with Gasteiger partial charge in [-0.05, 0) is 13.8 Å². The maximum absolute atomic E-state index is 11.1. The first-order valence-electron chi connectivity index (χ1n) is 4.62. The van der Waals surface area contributed by atoms with Gasteiger partial charge in [0.2, 0.25) is 5.91 Å². The third kappa shape index (κ3) is 3.54. The van der Waals surface area contributed by atoms with E-state index < -0.39 is 11.9 Å². The zero-order valence-electron chi connectivity index (χ0n) is 9.01. The van der Waals surface area contributed by atoms with E-state index in [2.05, 4.69) is 10.2 Å². The Balaban J connectivity index is 2.51. The number of carbonyl (C=O) groups is 2. The average Bonchev–Trinajstić information content (AvgIpc) is 2.61. The number of hydrogen-bond acceptors (Lipinski definition) is 5. The number of carbonyl (C=O) groups excluding carboxylic acids is 2. The molecule has 0 spiro atoms. The molecule has 7 nitrogen and oxygen atoms in total. The Kier molecular flexibility index (Phi) is 4.29. The number of hydrogen-bond donors (Lipinski definition) is 2. The Labute approximate surface area is 96.8 Å². The number of urea groups is 1. The van der Waals surface area contributed by atoms with Gasteiger partial charge in [0.25, 0.3) is 0 Å². The van der Waals surface area contributed by atoms with E-state index in [1.54, 1.807) is 6.33 Å². The number of amides is 3. The molecule has 1 heterocycles. The van der Waals surface area contributed by atoms with Crippen LogP contribution in [0.3, 0.4) is 0 Å². The van der Waals surface area contributed by atoms with E-state index in [4.69, 9.17) is 5.73 Å². The van der Waals surface area contributed by atoms with Gasteiger partial charge in [-0.25, -0.2) is 4.79 Å². The molecule has 0 saturated heterocycles. The maximum atomic E-state index is 11.1. The van der Waals surface area contributed by atoms with Crippen molar-refractivity contribution in [1.29, 1.82) is 0 Å². The molecule has 0 aliphatic carbocycles. The van der Waals surface area contributed by atoms with Crippen LogP contribution in [0.2, 0.25) is 0 Å². The predicted octanol–water partition coefficient (Wildman–Crippen LogP) is 0.146. The van der Waals surface area contributed by atoms with E-state index in [1.807, 2.05) is 23.7 Å². The number of rotatable bonds is 4. The SMILES string of the molecule is CC(C)n1cnnc1SCC(=O)NC(N)=O. The fourth-order valence-electron chi connectivity index (χ4n) is 0.993. The Morgan fingerprint density at radius 2 is 2.31 bits per heavy atom. The molecule has 0 aliphatic rings. The van der Waals surface area contributed by atoms with Crippen molar-refractivity contribution in [1.82, 2.24) is 20.1 Å². The lowest BCUT2D eigenvalue weighted by molar-refractivity contribution is -0.117. The number of nitrogens with zero attached hydrogens (tertiary/aromatic N) is 3. The van der Waals surface area contributed by atoms with Crippen LogP contribution >= 0.6 is 11.8 Å². The van der Waals surface area contributed by atoms with Crippen LogP contribution in [0.4, 0.5) is 4.79 Å². The normalized spacial score (nSPS) is 10.4. The number of thioether (sulfide) groups is 1. The summed E-state index contributed by atoms with van der Waals surface area (Å²) in [5.74, 6) is -0.371. The molecule has 0 aromatic carbocycles. The van der Waals surface area contributed by atoms with Gasteiger partial charge in [0, 0.05) is 6.04 Å². The van der Waals surface area contributed by atoms with Gasteiger partial charge < -0.3 is 10.3 Å². The summed E-state index contributed by atoms with van der Waals surface area (Å²) in [6.45, 7) is 3.97. The van der Waals surface area contributed by atoms with Crippen molar-refractivity contribution in [2.45, 2.75) is 25.0 Å². The number of nitrogens with two attached hydrogens (primary N) is 1. The van der Waals surface area contributed by atoms with Crippen LogP contribution in [0.1, 0.15) is 19.9 Å². The zero-order valence-corrected chi connectivity index (χ0v) is 9.82. The summed E-state index contributed by atoms with van der Waals surface area (Å²) in [6.07, 6.45) is 1.60. The standard InChI is InChI=1S/C8H13N5O2S/c1-5(2)13-4-10-12-8(13)16-3-6(14)11-7(9)15/h4-5H,3H2,1-2H3,(H3,9,11,14,15). The van der Waals surface area contributed by atoms with Gasteiger partial charge in [0.1, 0.15) is 6.33 Å². The Morgan fingerprint density at radius 3 is 2.88 bits per heavy atom. The van der Waals surface area contributed by atoms with Gasteiger partial charge in [0.15, 0.2) is 5.16 Å². The van der Waals surface area contributed by atoms with E-state index >= 15 is 0 Å². The quantitative estimate of drug-likeness (QED) is 0.732. The fraction of sp³-hybridized carbons (Fsp3) is 0.500. The van der Waals surface area contributed by atoms with Crippen LogP contribution in [0.15, 0.2) is 11.5 Å². The van der Waals surface area contributed by atoms with Gasteiger partial charge in [0.05, 0.1) is 5.75 Å². The topological polar surface area (TPSA) is 103 Å². The maximum Gasteiger partial charge on any atom is 0.318 e. The summed E-state index contributed by atoms with van der Waals surface area (Å²) in [5.41, 5.74) is 4.81. The molecule has 0 saturated carbocycles. The van der Waals surface area contributed by atoms with Crippen LogP contribution in [-0.4, -0.2) is 32.5 Å². The minimum atomic E-state index is -0.851. The molecule has 0 aliphatic heterocycles. The second-order valence-electron chi connectivity index (χ2n) is 3.32. The van der Waals surface area contributed by atoms with Crippen molar-refractivity contribution in [3.8, 4) is 0 Å². The Bertz CT molecular complexity index is 390. The molecule has 88 valence electrons. The lowest BCUT2D eigenvalue weighted by atomic mass is 10.4. The van der Waals surface area contributed by atoms with Gasteiger partial charge >= 0.3 is 6.03 Å². The van der Waals surface area contributed by atoms with Crippen molar-refractivity contribution in [3.63, 3.8) is 0 Å². The van der Waals surface area contributed by atoms with Gasteiger partial charge in [-0.2, -0.15) is 0 Å². The van der Waals surface area contributed by atoms with Crippen molar-refractivity contribution in [3.05, 3.63) is 6.33 Å². The molecule has 0 radical (unpaired) electrons. The molecule has 0 unspecified atom stereocenters. The molecule has 1 rings (SSSR count). The molecule has 0 fully saturated rings. The lowest BCUT2D eigenvalue weighted by Gasteiger charge is -2.08. The summed E-state index contributed by atoms with van der Waals surface area (Å²) in [6, 6.07) is -0.632. The number of aromatic nitrogens is 3. The van der Waals surface area contributed by atoms with Crippen molar-refractivity contribution in [2.75, 3.05) is 5.75 Å². The van der Waals surface area contributed by atoms with E-state index in [1.165, 1.54) is 11.8 Å². The highest BCUT2D eigenvalue weighted by Gasteiger charge is 2.11. The van der Waals surface area contributed by atoms with E-state index in [-0.39, 0.29) is 11.8 Å². The molecule has 3 N–H and O–H groups in total. The molecule has 0 bridgehead atoms. The minimum Gasteiger partial charge on any atom is -0.351 e. The summed E-state index contributed by atoms with van der Waals surface area (Å²) in [4.78, 5) is 21.5. The van der Waals surface area contributed by atoms with Crippen molar-refractivity contribution in [2.24, 2.45) is 5.73 Å². The third-order valence-electron chi connectivity index (χ3n) is 1.69. The number of nitrogens with one attached hydrogen (secondary N) is 1. The van der Waals surface area contributed by atoms with Crippen molar-refractivity contribution < 1.29 is 9.59 Å². The molecule has 3 amide bonds. The van der Waals surface area contributed by atoms with Gasteiger partial charge in [-0.15, -0.1) is 10.2 Å². The smallest absolute Gasteiger partial charge is 0.318 e. The van der Waals surface area contributed by atoms with Gasteiger partial charge in [-0.3, -0.25) is 10.1 Å². The van der Waals surface area contributed by atoms with E-state index in [0.29, 0.717) is 5.16 Å². The largest absolute Gasteiger partial charge is 0.351 e. The molecular weight excluding hydrogens is 230 g/mol. The van der Waals surface area contributed by atoms with Crippen LogP contribution < -0.4 is 11.1 Å². The summed E-state index contributed by atoms with van der Waals surface area (Å²) >= 11 is 1.20. The highest BCUT2D eigenvalue weighted by Crippen LogP contribution is 2.18. The van der Waals surface area contributed by atoms with Crippen LogP contribution in [0.25, 0.3) is 0 Å². The van der Waals surface area contributed by atoms with E-state index in [0.717, 1.165) is 0 Å². The van der Waals surface area contributed by atoms with Crippen molar-refractivity contribution >= 4 is 23.7 Å². The predicted molar refractivity (Wildman–Crippen MR) is 58.9 cm³/mol. The Hall–Kier alpha value is -1.57. The van der Waals surface area contributed by atoms with Gasteiger partial charge in [-0.1, -0.05) is 11.8 Å². The van der Waals surface area contributed by atoms with Crippen LogP contribution in [0, 0.1) is 0 Å². The molecular formula is C8H13N5O2S. The lowest BCUT2D eigenvalue weighted by Crippen LogP contribution is -2.36. The number of imide groups is 1. The van der Waals surface area contributed by atoms with Crippen LogP contribution in [0.5, 0.6) is 0 Å². The summed E-state index contributed by atoms with van der Waals surface area (Å²) < 4.78 is 1.84.